The average molecular weight is 377 g/mol. The van der Waals surface area contributed by atoms with Crippen LogP contribution in [0.25, 0.3) is 0 Å². The van der Waals surface area contributed by atoms with Crippen molar-refractivity contribution in [2.24, 2.45) is 5.41 Å². The normalized spacial score (nSPS) is 21.2. The predicted octanol–water partition coefficient (Wildman–Crippen LogP) is 7.08. The zero-order valence-electron chi connectivity index (χ0n) is 19.0. The molecule has 1 unspecified atom stereocenters. The number of benzene rings is 2. The third-order valence-electron chi connectivity index (χ3n) is 6.39. The molecule has 0 fully saturated rings. The van der Waals surface area contributed by atoms with Crippen LogP contribution in [0.15, 0.2) is 42.5 Å². The molecule has 0 radical (unpaired) electrons. The van der Waals surface area contributed by atoms with Crippen LogP contribution in [0.1, 0.15) is 83.1 Å². The van der Waals surface area contributed by atoms with Gasteiger partial charge in [0, 0.05) is 31.4 Å². The molecule has 1 heterocycles. The molecule has 0 saturated heterocycles. The summed E-state index contributed by atoms with van der Waals surface area (Å²) in [6.07, 6.45) is 6.97. The Morgan fingerprint density at radius 2 is 1.46 bits per heavy atom. The van der Waals surface area contributed by atoms with Crippen LogP contribution >= 0.6 is 0 Å². The van der Waals surface area contributed by atoms with Crippen molar-refractivity contribution in [2.75, 3.05) is 0 Å². The standard InChI is InChI=1S/C27H38N/c1-8-22-11-10-12-23(9-2)25(22)28-19-27(7,18-26(28,5)6)17-21-13-15-24(16-14-21)20(3)4/h10-16,19-20H,8-9,17-18H2,1-7H3/q+1. The molecular formula is C27H38N+. The van der Waals surface area contributed by atoms with Crippen molar-refractivity contribution in [2.45, 2.75) is 85.6 Å². The number of aryl methyl sites for hydroxylation is 2. The van der Waals surface area contributed by atoms with E-state index in [-0.39, 0.29) is 11.0 Å². The first kappa shape index (κ1) is 20.8. The van der Waals surface area contributed by atoms with Gasteiger partial charge >= 0.3 is 0 Å². The van der Waals surface area contributed by atoms with E-state index in [2.05, 4.69) is 102 Å². The van der Waals surface area contributed by atoms with Gasteiger partial charge in [0.15, 0.2) is 11.8 Å². The number of hydrogen-bond donors (Lipinski definition) is 0. The summed E-state index contributed by atoms with van der Waals surface area (Å²) in [5.41, 5.74) is 7.56. The van der Waals surface area contributed by atoms with Gasteiger partial charge in [-0.15, -0.1) is 0 Å². The first-order valence-electron chi connectivity index (χ1n) is 11.0. The van der Waals surface area contributed by atoms with E-state index in [9.17, 15) is 0 Å². The van der Waals surface area contributed by atoms with E-state index in [1.165, 1.54) is 34.4 Å². The molecule has 0 N–H and O–H groups in total. The fraction of sp³-hybridized carbons (Fsp3) is 0.519. The quantitative estimate of drug-likeness (QED) is 0.474. The van der Waals surface area contributed by atoms with Gasteiger partial charge in [-0.05, 0) is 43.2 Å². The smallest absolute Gasteiger partial charge is 0.197 e. The van der Waals surface area contributed by atoms with Gasteiger partial charge in [0.2, 0.25) is 5.69 Å². The van der Waals surface area contributed by atoms with Crippen molar-refractivity contribution in [1.82, 2.24) is 0 Å². The maximum atomic E-state index is 2.60. The van der Waals surface area contributed by atoms with Gasteiger partial charge in [-0.3, -0.25) is 0 Å². The lowest BCUT2D eigenvalue weighted by Crippen LogP contribution is -2.31. The highest BCUT2D eigenvalue weighted by Gasteiger charge is 2.49. The van der Waals surface area contributed by atoms with E-state index < -0.39 is 0 Å². The number of rotatable bonds is 6. The minimum absolute atomic E-state index is 0.127. The molecule has 0 aliphatic carbocycles. The van der Waals surface area contributed by atoms with Crippen molar-refractivity contribution >= 4 is 11.9 Å². The second kappa shape index (κ2) is 7.85. The highest BCUT2D eigenvalue weighted by molar-refractivity contribution is 5.67. The highest BCUT2D eigenvalue weighted by Crippen LogP contribution is 2.43. The van der Waals surface area contributed by atoms with Crippen LogP contribution in [0.3, 0.4) is 0 Å². The lowest BCUT2D eigenvalue weighted by atomic mass is 9.78. The fourth-order valence-electron chi connectivity index (χ4n) is 5.09. The first-order valence-corrected chi connectivity index (χ1v) is 11.0. The molecule has 1 nitrogen and oxygen atoms in total. The van der Waals surface area contributed by atoms with E-state index in [4.69, 9.17) is 0 Å². The maximum absolute atomic E-state index is 2.60. The van der Waals surface area contributed by atoms with Crippen molar-refractivity contribution in [3.63, 3.8) is 0 Å². The summed E-state index contributed by atoms with van der Waals surface area (Å²) in [6, 6.07) is 16.1. The molecular weight excluding hydrogens is 338 g/mol. The molecule has 0 saturated carbocycles. The molecule has 0 spiro atoms. The third kappa shape index (κ3) is 4.09. The largest absolute Gasteiger partial charge is 0.211 e. The predicted molar refractivity (Wildman–Crippen MR) is 122 cm³/mol. The molecule has 2 aromatic carbocycles. The lowest BCUT2D eigenvalue weighted by molar-refractivity contribution is -0.512. The van der Waals surface area contributed by atoms with Crippen LogP contribution in [0.2, 0.25) is 0 Å². The van der Waals surface area contributed by atoms with E-state index in [0.29, 0.717) is 5.92 Å². The Kier molecular flexibility index (Phi) is 5.84. The number of para-hydroxylation sites is 1. The molecule has 2 aromatic rings. The average Bonchev–Trinajstić information content (AvgIpc) is 2.89. The van der Waals surface area contributed by atoms with Crippen molar-refractivity contribution in [3.05, 3.63) is 64.7 Å². The van der Waals surface area contributed by atoms with Gasteiger partial charge in [-0.1, -0.05) is 70.2 Å². The van der Waals surface area contributed by atoms with Gasteiger partial charge in [0.05, 0.1) is 5.41 Å². The van der Waals surface area contributed by atoms with Crippen LogP contribution < -0.4 is 0 Å². The molecule has 1 atom stereocenters. The van der Waals surface area contributed by atoms with Gasteiger partial charge in [0.25, 0.3) is 0 Å². The SMILES string of the molecule is CCc1cccc(CC)c1[N+]1=CC(C)(Cc2ccc(C(C)C)cc2)CC1(C)C. The molecule has 150 valence electrons. The van der Waals surface area contributed by atoms with Crippen LogP contribution in [0.5, 0.6) is 0 Å². The molecule has 1 heteroatoms. The van der Waals surface area contributed by atoms with Gasteiger partial charge in [0.1, 0.15) is 0 Å². The summed E-state index contributed by atoms with van der Waals surface area (Å²) in [5.74, 6) is 0.593. The van der Waals surface area contributed by atoms with Gasteiger partial charge in [-0.25, -0.2) is 0 Å². The second-order valence-electron chi connectivity index (χ2n) is 9.85. The molecule has 0 aromatic heterocycles. The maximum Gasteiger partial charge on any atom is 0.211 e. The van der Waals surface area contributed by atoms with E-state index in [0.717, 1.165) is 19.3 Å². The fourth-order valence-corrected chi connectivity index (χ4v) is 5.09. The summed E-state index contributed by atoms with van der Waals surface area (Å²) < 4.78 is 2.60. The zero-order chi connectivity index (χ0) is 20.5. The summed E-state index contributed by atoms with van der Waals surface area (Å²) in [4.78, 5) is 0. The third-order valence-corrected chi connectivity index (χ3v) is 6.39. The highest BCUT2D eigenvalue weighted by atomic mass is 15.1. The molecule has 28 heavy (non-hydrogen) atoms. The van der Waals surface area contributed by atoms with Gasteiger partial charge < -0.3 is 0 Å². The number of hydrogen-bond acceptors (Lipinski definition) is 0. The van der Waals surface area contributed by atoms with Crippen LogP contribution in [0.4, 0.5) is 5.69 Å². The molecule has 1 aliphatic heterocycles. The minimum atomic E-state index is 0.127. The second-order valence-corrected chi connectivity index (χ2v) is 9.85. The monoisotopic (exact) mass is 376 g/mol. The van der Waals surface area contributed by atoms with E-state index in [1.807, 2.05) is 0 Å². The Hall–Kier alpha value is -1.89. The Labute approximate surface area is 172 Å². The Bertz CT molecular complexity index is 832. The number of nitrogens with zero attached hydrogens (tertiary/aromatic N) is 1. The molecule has 0 amide bonds. The van der Waals surface area contributed by atoms with E-state index in [1.54, 1.807) is 0 Å². The minimum Gasteiger partial charge on any atom is -0.197 e. The van der Waals surface area contributed by atoms with Crippen LogP contribution in [0, 0.1) is 5.41 Å². The Balaban J connectivity index is 1.98. The summed E-state index contributed by atoms with van der Waals surface area (Å²) >= 11 is 0. The van der Waals surface area contributed by atoms with Crippen LogP contribution in [-0.4, -0.2) is 16.3 Å². The van der Waals surface area contributed by atoms with Gasteiger partial charge in [-0.2, -0.15) is 4.58 Å². The summed E-state index contributed by atoms with van der Waals surface area (Å²) in [5, 5.41) is 0. The molecule has 3 rings (SSSR count). The van der Waals surface area contributed by atoms with Crippen molar-refractivity contribution in [3.8, 4) is 0 Å². The van der Waals surface area contributed by atoms with E-state index >= 15 is 0 Å². The summed E-state index contributed by atoms with van der Waals surface area (Å²) in [7, 11) is 0. The van der Waals surface area contributed by atoms with Crippen molar-refractivity contribution < 1.29 is 4.58 Å². The first-order chi connectivity index (χ1) is 13.2. The van der Waals surface area contributed by atoms with Crippen LogP contribution in [-0.2, 0) is 19.3 Å². The lowest BCUT2D eigenvalue weighted by Gasteiger charge is -2.23. The Morgan fingerprint density at radius 1 is 0.893 bits per heavy atom. The molecule has 0 bridgehead atoms. The molecule has 1 aliphatic rings. The zero-order valence-corrected chi connectivity index (χ0v) is 19.0. The summed E-state index contributed by atoms with van der Waals surface area (Å²) in [6.45, 7) is 16.3. The Morgan fingerprint density at radius 3 is 1.96 bits per heavy atom. The van der Waals surface area contributed by atoms with Crippen molar-refractivity contribution in [1.29, 1.82) is 0 Å². The topological polar surface area (TPSA) is 3.01 Å².